The van der Waals surface area contributed by atoms with E-state index in [0.29, 0.717) is 11.8 Å². The Labute approximate surface area is 153 Å². The lowest BCUT2D eigenvalue weighted by Crippen LogP contribution is -2.04. The van der Waals surface area contributed by atoms with Gasteiger partial charge in [0.2, 0.25) is 0 Å². The molecule has 0 aromatic heterocycles. The average Bonchev–Trinajstić information content (AvgIpc) is 3.03. The van der Waals surface area contributed by atoms with Gasteiger partial charge < -0.3 is 4.74 Å². The number of ether oxygens (including phenoxy) is 1. The van der Waals surface area contributed by atoms with Gasteiger partial charge in [0.1, 0.15) is 0 Å². The van der Waals surface area contributed by atoms with Crippen LogP contribution >= 0.6 is 11.6 Å². The first-order valence-corrected chi connectivity index (χ1v) is 10.1. The summed E-state index contributed by atoms with van der Waals surface area (Å²) in [5.41, 5.74) is 0. The van der Waals surface area contributed by atoms with Crippen molar-refractivity contribution in [2.45, 2.75) is 82.9 Å². The number of esters is 1. The second-order valence-electron chi connectivity index (χ2n) is 6.93. The Morgan fingerprint density at radius 3 is 2.83 bits per heavy atom. The molecule has 0 heterocycles. The van der Waals surface area contributed by atoms with Crippen LogP contribution in [0.5, 0.6) is 0 Å². The van der Waals surface area contributed by atoms with Gasteiger partial charge >= 0.3 is 5.97 Å². The van der Waals surface area contributed by atoms with E-state index in [9.17, 15) is 4.79 Å². The third-order valence-electron chi connectivity index (χ3n) is 4.95. The zero-order valence-electron chi connectivity index (χ0n) is 15.5. The molecule has 1 rings (SSSR count). The van der Waals surface area contributed by atoms with Crippen molar-refractivity contribution in [3.63, 3.8) is 0 Å². The summed E-state index contributed by atoms with van der Waals surface area (Å²) in [6, 6.07) is 0. The summed E-state index contributed by atoms with van der Waals surface area (Å²) in [5.74, 6) is 1.39. The van der Waals surface area contributed by atoms with E-state index in [0.717, 1.165) is 43.9 Å². The van der Waals surface area contributed by atoms with Gasteiger partial charge in [0.05, 0.1) is 7.11 Å². The molecule has 1 saturated carbocycles. The highest BCUT2D eigenvalue weighted by atomic mass is 35.5. The van der Waals surface area contributed by atoms with E-state index >= 15 is 0 Å². The lowest BCUT2D eigenvalue weighted by Gasteiger charge is -2.14. The number of methoxy groups -OCH3 is 1. The Morgan fingerprint density at radius 2 is 2.08 bits per heavy atom. The van der Waals surface area contributed by atoms with Gasteiger partial charge in [-0.3, -0.25) is 4.79 Å². The lowest BCUT2D eigenvalue weighted by atomic mass is 9.92. The van der Waals surface area contributed by atoms with Crippen molar-refractivity contribution in [2.75, 3.05) is 7.11 Å². The molecule has 0 saturated heterocycles. The molecule has 1 fully saturated rings. The predicted molar refractivity (Wildman–Crippen MR) is 103 cm³/mol. The first-order chi connectivity index (χ1) is 11.7. The molecular weight excluding hydrogens is 320 g/mol. The number of unbranched alkanes of at least 4 members (excludes halogenated alkanes) is 2. The quantitative estimate of drug-likeness (QED) is 0.174. The number of allylic oxidation sites excluding steroid dienone is 4. The minimum atomic E-state index is -0.110. The largest absolute Gasteiger partial charge is 0.469 e. The summed E-state index contributed by atoms with van der Waals surface area (Å²) >= 11 is 6.35. The van der Waals surface area contributed by atoms with Crippen molar-refractivity contribution < 1.29 is 9.53 Å². The summed E-state index contributed by atoms with van der Waals surface area (Å²) in [5, 5.41) is 0.302. The summed E-state index contributed by atoms with van der Waals surface area (Å²) in [6.45, 7) is 2.21. The Bertz CT molecular complexity index is 389. The van der Waals surface area contributed by atoms with Crippen LogP contribution in [0.3, 0.4) is 0 Å². The highest BCUT2D eigenvalue weighted by Crippen LogP contribution is 2.35. The number of rotatable bonds is 12. The third kappa shape index (κ3) is 9.52. The molecule has 3 heteroatoms. The van der Waals surface area contributed by atoms with Crippen molar-refractivity contribution >= 4 is 17.6 Å². The molecule has 2 nitrogen and oxygen atoms in total. The Balaban J connectivity index is 2.21. The molecule has 0 aromatic rings. The van der Waals surface area contributed by atoms with E-state index < -0.39 is 0 Å². The molecule has 0 N–H and O–H groups in total. The number of hydrogen-bond acceptors (Lipinski definition) is 2. The SMILES string of the molecule is CCCCC(Cl)CC=C[C@H]1CCC[C@@H]1CC=CCCCC(=O)OC. The van der Waals surface area contributed by atoms with Crippen LogP contribution in [-0.4, -0.2) is 18.5 Å². The number of carbonyl (C=O) groups excluding carboxylic acids is 1. The lowest BCUT2D eigenvalue weighted by molar-refractivity contribution is -0.140. The van der Waals surface area contributed by atoms with Gasteiger partial charge in [-0.2, -0.15) is 0 Å². The highest BCUT2D eigenvalue weighted by molar-refractivity contribution is 6.20. The van der Waals surface area contributed by atoms with Crippen molar-refractivity contribution in [3.8, 4) is 0 Å². The fraction of sp³-hybridized carbons (Fsp3) is 0.762. The third-order valence-corrected chi connectivity index (χ3v) is 5.35. The monoisotopic (exact) mass is 354 g/mol. The molecular formula is C21H35ClO2. The van der Waals surface area contributed by atoms with E-state index in [-0.39, 0.29) is 5.97 Å². The number of alkyl halides is 1. The molecule has 1 aliphatic rings. The second kappa shape index (κ2) is 13.5. The topological polar surface area (TPSA) is 26.3 Å². The van der Waals surface area contributed by atoms with Crippen LogP contribution in [0.15, 0.2) is 24.3 Å². The first kappa shape index (κ1) is 21.3. The summed E-state index contributed by atoms with van der Waals surface area (Å²) in [4.78, 5) is 11.0. The van der Waals surface area contributed by atoms with E-state index in [1.54, 1.807) is 0 Å². The van der Waals surface area contributed by atoms with Gasteiger partial charge in [-0.1, -0.05) is 50.5 Å². The van der Waals surface area contributed by atoms with Crippen molar-refractivity contribution in [2.24, 2.45) is 11.8 Å². The standard InChI is InChI=1S/C21H35ClO2/c1-3-4-15-20(22)16-10-14-19-13-9-12-18(19)11-7-5-6-8-17-21(23)24-2/h5,7,10,14,18-20H,3-4,6,8-9,11-13,15-17H2,1-2H3/t18-,19+,20?/m0/s1. The van der Waals surface area contributed by atoms with Crippen LogP contribution in [0.4, 0.5) is 0 Å². The van der Waals surface area contributed by atoms with Gasteiger partial charge in [0, 0.05) is 11.8 Å². The van der Waals surface area contributed by atoms with Gasteiger partial charge in [-0.05, 0) is 56.8 Å². The smallest absolute Gasteiger partial charge is 0.305 e. The zero-order chi connectivity index (χ0) is 17.6. The molecule has 0 aromatic carbocycles. The van der Waals surface area contributed by atoms with Gasteiger partial charge in [0.25, 0.3) is 0 Å². The average molecular weight is 355 g/mol. The molecule has 3 atom stereocenters. The molecule has 0 spiro atoms. The van der Waals surface area contributed by atoms with Gasteiger partial charge in [-0.25, -0.2) is 0 Å². The van der Waals surface area contributed by atoms with Crippen LogP contribution < -0.4 is 0 Å². The summed E-state index contributed by atoms with van der Waals surface area (Å²) < 4.78 is 4.65. The molecule has 0 amide bonds. The molecule has 1 aliphatic carbocycles. The zero-order valence-corrected chi connectivity index (χ0v) is 16.3. The number of halogens is 1. The maximum atomic E-state index is 11.0. The first-order valence-electron chi connectivity index (χ1n) is 9.69. The molecule has 0 bridgehead atoms. The maximum absolute atomic E-state index is 11.0. The normalized spacial score (nSPS) is 22.5. The van der Waals surface area contributed by atoms with Gasteiger partial charge in [0.15, 0.2) is 0 Å². The van der Waals surface area contributed by atoms with Crippen LogP contribution in [0, 0.1) is 11.8 Å². The Hall–Kier alpha value is -0.760. The Morgan fingerprint density at radius 1 is 1.25 bits per heavy atom. The fourth-order valence-corrected chi connectivity index (χ4v) is 3.67. The van der Waals surface area contributed by atoms with Crippen LogP contribution in [0.1, 0.15) is 77.6 Å². The van der Waals surface area contributed by atoms with Crippen LogP contribution in [0.25, 0.3) is 0 Å². The summed E-state index contributed by atoms with van der Waals surface area (Å²) in [6.07, 6.45) is 21.4. The minimum Gasteiger partial charge on any atom is -0.469 e. The van der Waals surface area contributed by atoms with Crippen molar-refractivity contribution in [3.05, 3.63) is 24.3 Å². The minimum absolute atomic E-state index is 0.110. The molecule has 0 radical (unpaired) electrons. The predicted octanol–water partition coefficient (Wildman–Crippen LogP) is 6.44. The van der Waals surface area contributed by atoms with Gasteiger partial charge in [-0.15, -0.1) is 11.6 Å². The van der Waals surface area contributed by atoms with E-state index in [2.05, 4.69) is 36.0 Å². The molecule has 138 valence electrons. The number of carbonyl (C=O) groups is 1. The Kier molecular flexibility index (Phi) is 12.0. The molecule has 1 unspecified atom stereocenters. The fourth-order valence-electron chi connectivity index (χ4n) is 3.41. The van der Waals surface area contributed by atoms with Crippen LogP contribution in [0.2, 0.25) is 0 Å². The van der Waals surface area contributed by atoms with E-state index in [1.807, 2.05) is 0 Å². The van der Waals surface area contributed by atoms with Crippen LogP contribution in [-0.2, 0) is 9.53 Å². The van der Waals surface area contributed by atoms with Crippen molar-refractivity contribution in [1.29, 1.82) is 0 Å². The molecule has 24 heavy (non-hydrogen) atoms. The number of hydrogen-bond donors (Lipinski definition) is 0. The van der Waals surface area contributed by atoms with E-state index in [1.165, 1.54) is 39.2 Å². The van der Waals surface area contributed by atoms with E-state index in [4.69, 9.17) is 11.6 Å². The maximum Gasteiger partial charge on any atom is 0.305 e. The second-order valence-corrected chi connectivity index (χ2v) is 7.55. The molecule has 0 aliphatic heterocycles. The highest BCUT2D eigenvalue weighted by Gasteiger charge is 2.23. The summed E-state index contributed by atoms with van der Waals surface area (Å²) in [7, 11) is 1.45. The van der Waals surface area contributed by atoms with Crippen molar-refractivity contribution in [1.82, 2.24) is 0 Å².